The lowest BCUT2D eigenvalue weighted by molar-refractivity contribution is 0.146. The molecule has 0 bridgehead atoms. The van der Waals surface area contributed by atoms with Crippen molar-refractivity contribution in [3.63, 3.8) is 0 Å². The van der Waals surface area contributed by atoms with E-state index in [1.807, 2.05) is 24.5 Å². The first kappa shape index (κ1) is 16.9. The summed E-state index contributed by atoms with van der Waals surface area (Å²) >= 11 is 0. The van der Waals surface area contributed by atoms with Crippen molar-refractivity contribution in [2.45, 2.75) is 12.6 Å². The van der Waals surface area contributed by atoms with Crippen LogP contribution in [0, 0.1) is 0 Å². The van der Waals surface area contributed by atoms with Crippen molar-refractivity contribution < 1.29 is 9.47 Å². The van der Waals surface area contributed by atoms with Crippen LogP contribution in [0.1, 0.15) is 17.2 Å². The van der Waals surface area contributed by atoms with Crippen molar-refractivity contribution in [2.24, 2.45) is 0 Å². The van der Waals surface area contributed by atoms with E-state index >= 15 is 0 Å². The third-order valence-electron chi connectivity index (χ3n) is 4.31. The number of rotatable bonds is 7. The van der Waals surface area contributed by atoms with E-state index in [9.17, 15) is 0 Å². The Bertz CT molecular complexity index is 604. The molecule has 0 amide bonds. The lowest BCUT2D eigenvalue weighted by Gasteiger charge is -2.36. The Morgan fingerprint density at radius 2 is 1.92 bits per heavy atom. The third kappa shape index (κ3) is 4.54. The minimum atomic E-state index is 0.388. The van der Waals surface area contributed by atoms with E-state index in [4.69, 9.17) is 9.47 Å². The second-order valence-corrected chi connectivity index (χ2v) is 5.96. The fourth-order valence-electron chi connectivity index (χ4n) is 3.02. The number of hydrogen-bond donors (Lipinski definition) is 1. The minimum absolute atomic E-state index is 0.388. The lowest BCUT2D eigenvalue weighted by Crippen LogP contribution is -2.45. The maximum Gasteiger partial charge on any atom is 0.119 e. The zero-order chi connectivity index (χ0) is 16.6. The van der Waals surface area contributed by atoms with Gasteiger partial charge in [-0.05, 0) is 35.4 Å². The second kappa shape index (κ2) is 8.78. The van der Waals surface area contributed by atoms with Crippen LogP contribution in [0.5, 0.6) is 5.75 Å². The molecule has 1 aromatic heterocycles. The predicted octanol–water partition coefficient (Wildman–Crippen LogP) is 2.25. The largest absolute Gasteiger partial charge is 0.491 e. The Labute approximate surface area is 143 Å². The average Bonchev–Trinajstić information content (AvgIpc) is 2.65. The van der Waals surface area contributed by atoms with Crippen LogP contribution in [0.2, 0.25) is 0 Å². The van der Waals surface area contributed by atoms with Crippen LogP contribution >= 0.6 is 0 Å². The number of hydrogen-bond acceptors (Lipinski definition) is 5. The molecule has 2 heterocycles. The molecule has 0 saturated carbocycles. The highest BCUT2D eigenvalue weighted by Crippen LogP contribution is 2.24. The highest BCUT2D eigenvalue weighted by atomic mass is 16.5. The van der Waals surface area contributed by atoms with Gasteiger partial charge in [-0.15, -0.1) is 0 Å². The molecule has 1 N–H and O–H groups in total. The van der Waals surface area contributed by atoms with Crippen molar-refractivity contribution in [2.75, 3.05) is 40.0 Å². The van der Waals surface area contributed by atoms with Gasteiger partial charge in [0.2, 0.25) is 0 Å². The molecule has 1 unspecified atom stereocenters. The summed E-state index contributed by atoms with van der Waals surface area (Å²) in [5.74, 6) is 0.891. The van der Waals surface area contributed by atoms with E-state index in [-0.39, 0.29) is 0 Å². The Morgan fingerprint density at radius 3 is 2.67 bits per heavy atom. The predicted molar refractivity (Wildman–Crippen MR) is 94.1 cm³/mol. The van der Waals surface area contributed by atoms with E-state index in [1.54, 1.807) is 7.11 Å². The smallest absolute Gasteiger partial charge is 0.119 e. The Kier molecular flexibility index (Phi) is 6.18. The van der Waals surface area contributed by atoms with E-state index in [0.29, 0.717) is 19.3 Å². The van der Waals surface area contributed by atoms with Crippen LogP contribution in [0.25, 0.3) is 0 Å². The van der Waals surface area contributed by atoms with Gasteiger partial charge in [-0.3, -0.25) is 9.88 Å². The zero-order valence-corrected chi connectivity index (χ0v) is 14.1. The molecule has 5 nitrogen and oxygen atoms in total. The number of methoxy groups -OCH3 is 1. The fraction of sp³-hybridized carbons (Fsp3) is 0.421. The van der Waals surface area contributed by atoms with E-state index in [1.165, 1.54) is 11.1 Å². The normalized spacial score (nSPS) is 18.5. The summed E-state index contributed by atoms with van der Waals surface area (Å²) in [6.45, 7) is 5.17. The number of nitrogens with zero attached hydrogens (tertiary/aromatic N) is 2. The molecular formula is C19H25N3O2. The van der Waals surface area contributed by atoms with Gasteiger partial charge in [0.1, 0.15) is 12.4 Å². The molecular weight excluding hydrogens is 302 g/mol. The number of benzene rings is 1. The molecule has 1 aromatic carbocycles. The fourth-order valence-corrected chi connectivity index (χ4v) is 3.02. The lowest BCUT2D eigenvalue weighted by atomic mass is 10.0. The van der Waals surface area contributed by atoms with Gasteiger partial charge in [-0.1, -0.05) is 12.1 Å². The molecule has 0 aliphatic carbocycles. The Balaban J connectivity index is 1.63. The van der Waals surface area contributed by atoms with Gasteiger partial charge in [0.15, 0.2) is 0 Å². The molecule has 24 heavy (non-hydrogen) atoms. The molecule has 1 aliphatic heterocycles. The van der Waals surface area contributed by atoms with Crippen molar-refractivity contribution in [1.82, 2.24) is 15.2 Å². The highest BCUT2D eigenvalue weighted by Gasteiger charge is 2.23. The molecule has 0 spiro atoms. The maximum absolute atomic E-state index is 5.63. The van der Waals surface area contributed by atoms with Gasteiger partial charge in [0.25, 0.3) is 0 Å². The molecule has 1 fully saturated rings. The minimum Gasteiger partial charge on any atom is -0.491 e. The van der Waals surface area contributed by atoms with Crippen LogP contribution in [-0.4, -0.2) is 49.8 Å². The number of ether oxygens (including phenoxy) is 2. The molecule has 1 saturated heterocycles. The Hall–Kier alpha value is -1.95. The molecule has 2 aromatic rings. The van der Waals surface area contributed by atoms with Crippen molar-refractivity contribution in [3.05, 3.63) is 59.9 Å². The summed E-state index contributed by atoms with van der Waals surface area (Å²) in [6, 6.07) is 13.0. The maximum atomic E-state index is 5.63. The number of aromatic nitrogens is 1. The summed E-state index contributed by atoms with van der Waals surface area (Å²) in [7, 11) is 1.68. The number of nitrogens with one attached hydrogen (secondary N) is 1. The second-order valence-electron chi connectivity index (χ2n) is 5.96. The number of pyridine rings is 1. The van der Waals surface area contributed by atoms with E-state index in [0.717, 1.165) is 31.9 Å². The summed E-state index contributed by atoms with van der Waals surface area (Å²) in [5, 5.41) is 3.49. The summed E-state index contributed by atoms with van der Waals surface area (Å²) in [4.78, 5) is 6.65. The SMILES string of the molecule is COCCOc1ccc(CN2CCNCC2c2ccncc2)cc1. The van der Waals surface area contributed by atoms with Gasteiger partial charge >= 0.3 is 0 Å². The van der Waals surface area contributed by atoms with E-state index in [2.05, 4.69) is 39.5 Å². The standard InChI is InChI=1S/C19H25N3O2/c1-23-12-13-24-18-4-2-16(3-5-18)15-22-11-10-21-14-19(22)17-6-8-20-9-7-17/h2-9,19,21H,10-15H2,1H3. The molecule has 1 atom stereocenters. The topological polar surface area (TPSA) is 46.6 Å². The number of piperazine rings is 1. The van der Waals surface area contributed by atoms with E-state index < -0.39 is 0 Å². The molecule has 5 heteroatoms. The van der Waals surface area contributed by atoms with Crippen molar-refractivity contribution >= 4 is 0 Å². The van der Waals surface area contributed by atoms with Crippen molar-refractivity contribution in [1.29, 1.82) is 0 Å². The molecule has 3 rings (SSSR count). The highest BCUT2D eigenvalue weighted by molar-refractivity contribution is 5.27. The monoisotopic (exact) mass is 327 g/mol. The van der Waals surface area contributed by atoms with Crippen molar-refractivity contribution in [3.8, 4) is 5.75 Å². The molecule has 128 valence electrons. The first-order valence-corrected chi connectivity index (χ1v) is 8.42. The van der Waals surface area contributed by atoms with Crippen LogP contribution < -0.4 is 10.1 Å². The van der Waals surface area contributed by atoms with Crippen LogP contribution in [0.3, 0.4) is 0 Å². The van der Waals surface area contributed by atoms with Gasteiger partial charge in [0.05, 0.1) is 6.61 Å². The third-order valence-corrected chi connectivity index (χ3v) is 4.31. The van der Waals surface area contributed by atoms with Crippen LogP contribution in [0.15, 0.2) is 48.8 Å². The van der Waals surface area contributed by atoms with Gasteiger partial charge < -0.3 is 14.8 Å². The van der Waals surface area contributed by atoms with Gasteiger partial charge in [0, 0.05) is 51.7 Å². The quantitative estimate of drug-likeness (QED) is 0.791. The summed E-state index contributed by atoms with van der Waals surface area (Å²) < 4.78 is 10.6. The van der Waals surface area contributed by atoms with Crippen LogP contribution in [0.4, 0.5) is 0 Å². The summed E-state index contributed by atoms with van der Waals surface area (Å²) in [6.07, 6.45) is 3.74. The average molecular weight is 327 g/mol. The first-order chi connectivity index (χ1) is 11.9. The summed E-state index contributed by atoms with van der Waals surface area (Å²) in [5.41, 5.74) is 2.62. The van der Waals surface area contributed by atoms with Crippen LogP contribution in [-0.2, 0) is 11.3 Å². The van der Waals surface area contributed by atoms with Gasteiger partial charge in [-0.2, -0.15) is 0 Å². The Morgan fingerprint density at radius 1 is 1.12 bits per heavy atom. The molecule has 1 aliphatic rings. The van der Waals surface area contributed by atoms with Gasteiger partial charge in [-0.25, -0.2) is 0 Å². The zero-order valence-electron chi connectivity index (χ0n) is 14.1. The first-order valence-electron chi connectivity index (χ1n) is 8.42. The molecule has 0 radical (unpaired) electrons.